The van der Waals surface area contributed by atoms with E-state index in [0.29, 0.717) is 0 Å². The predicted molar refractivity (Wildman–Crippen MR) is 76.9 cm³/mol. The van der Waals surface area contributed by atoms with Crippen molar-refractivity contribution in [3.63, 3.8) is 0 Å². The Balaban J connectivity index is -0.0000000864. The normalized spacial score (nSPS) is 7.13. The molecule has 23 heavy (non-hydrogen) atoms. The van der Waals surface area contributed by atoms with Gasteiger partial charge in [0.1, 0.15) is 11.2 Å². The van der Waals surface area contributed by atoms with Gasteiger partial charge in [0.05, 0.1) is 5.09 Å². The van der Waals surface area contributed by atoms with Gasteiger partial charge in [0.25, 0.3) is 5.56 Å². The van der Waals surface area contributed by atoms with Gasteiger partial charge >= 0.3 is 125 Å². The predicted octanol–water partition coefficient (Wildman–Crippen LogP) is -5.89. The van der Waals surface area contributed by atoms with E-state index in [1.165, 1.54) is 0 Å². The van der Waals surface area contributed by atoms with Crippen LogP contribution in [0.4, 0.5) is 0 Å². The van der Waals surface area contributed by atoms with Crippen LogP contribution in [0, 0.1) is 25.4 Å². The van der Waals surface area contributed by atoms with Gasteiger partial charge in [-0.25, -0.2) is 9.59 Å². The molecule has 0 aliphatic carbocycles. The molecule has 2 rings (SSSR count). The summed E-state index contributed by atoms with van der Waals surface area (Å²) in [5, 5.41) is 23.8. The van der Waals surface area contributed by atoms with E-state index in [1.54, 1.807) is 0 Å². The third-order valence-electron chi connectivity index (χ3n) is 1.42. The van der Waals surface area contributed by atoms with Gasteiger partial charge in [0.2, 0.25) is 0 Å². The molecule has 2 heterocycles. The fraction of sp³-hybridized carbons (Fsp3) is 0. The van der Waals surface area contributed by atoms with Crippen molar-refractivity contribution in [2.45, 2.75) is 0 Å². The molecule has 0 saturated heterocycles. The molecule has 0 aliphatic rings. The summed E-state index contributed by atoms with van der Waals surface area (Å²) in [5.74, 6) is 0. The average Bonchev–Trinajstić information content (AvgIpc) is 2.59. The van der Waals surface area contributed by atoms with E-state index in [-0.39, 0.29) is 137 Å². The van der Waals surface area contributed by atoms with E-state index in [0.717, 1.165) is 5.34 Å². The number of halogens is 1. The largest absolute Gasteiger partial charge is 2.00 e. The Kier molecular flexibility index (Phi) is 28.7. The smallest absolute Gasteiger partial charge is 1.00 e. The summed E-state index contributed by atoms with van der Waals surface area (Å²) in [6.45, 7) is 0. The maximum atomic E-state index is 10.9. The van der Waals surface area contributed by atoms with Crippen molar-refractivity contribution in [1.82, 2.24) is 19.9 Å². The zero-order valence-electron chi connectivity index (χ0n) is 11.2. The van der Waals surface area contributed by atoms with Crippen LogP contribution in [0.3, 0.4) is 0 Å². The fourth-order valence-corrected chi connectivity index (χ4v) is 0.958. The zero-order valence-corrected chi connectivity index (χ0v) is 18.5. The van der Waals surface area contributed by atoms with Gasteiger partial charge in [0.15, 0.2) is 0 Å². The Morgan fingerprint density at radius 2 is 1.17 bits per heavy atom. The monoisotopic (exact) mass is 431 g/mol. The molecule has 0 aliphatic heterocycles. The van der Waals surface area contributed by atoms with Crippen molar-refractivity contribution in [3.05, 3.63) is 56.8 Å². The minimum absolute atomic E-state index is 0. The second-order valence-electron chi connectivity index (χ2n) is 2.54. The number of H-pyrrole nitrogens is 4. The summed E-state index contributed by atoms with van der Waals surface area (Å²) in [6, 6.07) is 0. The number of hydrogen-bond donors (Lipinski definition) is 4. The Bertz CT molecular complexity index is 734. The van der Waals surface area contributed by atoms with Crippen molar-refractivity contribution in [2.24, 2.45) is 5.34 Å². The second-order valence-corrected chi connectivity index (χ2v) is 2.54. The van der Waals surface area contributed by atoms with E-state index >= 15 is 0 Å². The Morgan fingerprint density at radius 1 is 0.870 bits per heavy atom. The molecule has 2 aromatic rings. The first-order valence-electron chi connectivity index (χ1n) is 4.03. The van der Waals surface area contributed by atoms with Crippen LogP contribution < -0.4 is 29.3 Å². The van der Waals surface area contributed by atoms with Crippen LogP contribution in [-0.4, -0.2) is 138 Å². The number of rotatable bonds is 0. The summed E-state index contributed by atoms with van der Waals surface area (Å²) < 4.78 is 0. The molecular formula is C5H4Ca3ClN6O8+3. The quantitative estimate of drug-likeness (QED) is 0.135. The summed E-state index contributed by atoms with van der Waals surface area (Å²) >= 11 is 0. The van der Waals surface area contributed by atoms with Gasteiger partial charge in [-0.1, -0.05) is 0 Å². The van der Waals surface area contributed by atoms with Crippen LogP contribution in [0.1, 0.15) is 0 Å². The van der Waals surface area contributed by atoms with E-state index in [9.17, 15) is 14.4 Å². The first kappa shape index (κ1) is 34.9. The van der Waals surface area contributed by atoms with Crippen molar-refractivity contribution in [3.8, 4) is 0 Å². The second kappa shape index (κ2) is 19.0. The molecule has 112 valence electrons. The van der Waals surface area contributed by atoms with E-state index in [2.05, 4.69) is 15.0 Å². The number of fused-ring (bicyclic) bond motifs is 1. The van der Waals surface area contributed by atoms with Crippen molar-refractivity contribution in [1.29, 1.82) is 0 Å². The van der Waals surface area contributed by atoms with Crippen LogP contribution >= 0.6 is 0 Å². The van der Waals surface area contributed by atoms with E-state index < -0.39 is 22.0 Å². The molecule has 4 N–H and O–H groups in total. The molecule has 0 amide bonds. The molecule has 14 nitrogen and oxygen atoms in total. The Hall–Kier alpha value is 0.619. The van der Waals surface area contributed by atoms with Crippen molar-refractivity contribution in [2.75, 3.05) is 0 Å². The van der Waals surface area contributed by atoms with Gasteiger partial charge in [-0.15, -0.1) is 5.34 Å². The molecule has 0 fully saturated rings. The summed E-state index contributed by atoms with van der Waals surface area (Å²) in [6.07, 6.45) is 0. The molecule has 0 radical (unpaired) electrons. The number of aromatic nitrogens is 4. The standard InChI is InChI=1S/C5H4N4O3.3Ca.ClH.NO3.HNO2/c10-3-1-2(7-4(11)6-1)8-5(12)9-3;;;;;2-1(3)4;2-1-3/h(H4,6,7,8,9,10,11,12);;;;1H;;(H,2,3)/q;3*+2;;-1;/p-2. The van der Waals surface area contributed by atoms with E-state index in [1.807, 2.05) is 4.98 Å². The molecule has 0 unspecified atom stereocenters. The van der Waals surface area contributed by atoms with Crippen LogP contribution in [0.25, 0.3) is 11.2 Å². The molecule has 0 saturated carbocycles. The van der Waals surface area contributed by atoms with Gasteiger partial charge in [-0.3, -0.25) is 24.7 Å². The Labute approximate surface area is 220 Å². The molecule has 0 bridgehead atoms. The number of aromatic amines is 4. The van der Waals surface area contributed by atoms with Gasteiger partial charge in [-0.05, 0) is 0 Å². The molecule has 18 heteroatoms. The minimum Gasteiger partial charge on any atom is -1.00 e. The van der Waals surface area contributed by atoms with Crippen molar-refractivity contribution < 1.29 is 17.5 Å². The van der Waals surface area contributed by atoms with Crippen LogP contribution in [0.2, 0.25) is 0 Å². The zero-order chi connectivity index (χ0) is 15.0. The van der Waals surface area contributed by atoms with Crippen molar-refractivity contribution >= 4 is 124 Å². The molecule has 0 aromatic carbocycles. The molecule has 0 atom stereocenters. The molecular weight excluding hydrogens is 428 g/mol. The first-order chi connectivity index (χ1) is 8.81. The molecule has 2 aromatic heterocycles. The number of nitrogens with zero attached hydrogens (tertiary/aromatic N) is 2. The topological polar surface area (TPSA) is 233 Å². The van der Waals surface area contributed by atoms with Crippen LogP contribution in [-0.2, 0) is 0 Å². The summed E-state index contributed by atoms with van der Waals surface area (Å²) in [5.41, 5.74) is -1.65. The van der Waals surface area contributed by atoms with Crippen LogP contribution in [0.5, 0.6) is 0 Å². The van der Waals surface area contributed by atoms with Crippen LogP contribution in [0.15, 0.2) is 19.7 Å². The van der Waals surface area contributed by atoms with Gasteiger partial charge < -0.3 is 37.8 Å². The maximum absolute atomic E-state index is 10.9. The number of nitrogens with one attached hydrogen (secondary N) is 4. The Morgan fingerprint density at radius 3 is 1.52 bits per heavy atom. The number of imidazole rings is 1. The SMILES string of the molecule is O=N[O-].O=[N+]([O-])[O-].O=c1[nH]c(=O)c2[nH]c(=O)[nH]c2[nH]1.[Ca+2].[Ca+2].[Ca+2].[Cl-]. The number of hydrogen-bond acceptors (Lipinski definition) is 9. The van der Waals surface area contributed by atoms with Gasteiger partial charge in [-0.2, -0.15) is 0 Å². The fourth-order valence-electron chi connectivity index (χ4n) is 0.958. The average molecular weight is 432 g/mol. The third-order valence-corrected chi connectivity index (χ3v) is 1.42. The maximum Gasteiger partial charge on any atom is 2.00 e. The summed E-state index contributed by atoms with van der Waals surface area (Å²) in [4.78, 5) is 57.2. The first-order valence-corrected chi connectivity index (χ1v) is 4.03. The van der Waals surface area contributed by atoms with E-state index in [4.69, 9.17) is 25.4 Å². The third kappa shape index (κ3) is 15.9. The minimum atomic E-state index is -1.75. The van der Waals surface area contributed by atoms with Gasteiger partial charge in [0, 0.05) is 0 Å². The molecule has 0 spiro atoms. The summed E-state index contributed by atoms with van der Waals surface area (Å²) in [7, 11) is 0.